The van der Waals surface area contributed by atoms with Crippen LogP contribution in [0, 0.1) is 0 Å². The van der Waals surface area contributed by atoms with E-state index in [2.05, 4.69) is 22.2 Å². The Kier molecular flexibility index (Phi) is 5.28. The summed E-state index contributed by atoms with van der Waals surface area (Å²) in [5.74, 6) is -1.07. The number of benzene rings is 3. The molecule has 1 heterocycles. The van der Waals surface area contributed by atoms with E-state index in [-0.39, 0.29) is 11.6 Å². The van der Waals surface area contributed by atoms with Crippen molar-refractivity contribution >= 4 is 55.8 Å². The van der Waals surface area contributed by atoms with Gasteiger partial charge in [-0.2, -0.15) is 0 Å². The first-order chi connectivity index (χ1) is 14.5. The van der Waals surface area contributed by atoms with Crippen LogP contribution in [-0.4, -0.2) is 16.8 Å². The van der Waals surface area contributed by atoms with E-state index in [1.807, 2.05) is 42.5 Å². The molecule has 0 aliphatic carbocycles. The molecular weight excluding hydrogens is 396 g/mol. The number of hydrogen-bond donors (Lipinski definition) is 3. The molecule has 4 rings (SSSR count). The summed E-state index contributed by atoms with van der Waals surface area (Å²) in [6.07, 6.45) is 1.70. The SMILES string of the molecule is C=Cc1ccc(C(=O)Nc2sc(Nc3ccc4ccccc4c3)nc2C(N)=O)cc1. The molecule has 0 aliphatic heterocycles. The van der Waals surface area contributed by atoms with Crippen LogP contribution in [0.3, 0.4) is 0 Å². The van der Waals surface area contributed by atoms with Gasteiger partial charge in [0.2, 0.25) is 0 Å². The number of fused-ring (bicyclic) bond motifs is 1. The lowest BCUT2D eigenvalue weighted by atomic mass is 10.1. The van der Waals surface area contributed by atoms with Crippen LogP contribution >= 0.6 is 11.3 Å². The minimum absolute atomic E-state index is 0.0133. The quantitative estimate of drug-likeness (QED) is 0.412. The zero-order chi connectivity index (χ0) is 21.1. The van der Waals surface area contributed by atoms with Crippen molar-refractivity contribution < 1.29 is 9.59 Å². The van der Waals surface area contributed by atoms with Crippen LogP contribution < -0.4 is 16.4 Å². The number of primary amides is 1. The molecule has 4 N–H and O–H groups in total. The molecule has 0 spiro atoms. The summed E-state index contributed by atoms with van der Waals surface area (Å²) in [7, 11) is 0. The summed E-state index contributed by atoms with van der Waals surface area (Å²) in [6.45, 7) is 3.69. The number of hydrogen-bond acceptors (Lipinski definition) is 5. The van der Waals surface area contributed by atoms with E-state index < -0.39 is 5.91 Å². The highest BCUT2D eigenvalue weighted by Gasteiger charge is 2.19. The number of amides is 2. The van der Waals surface area contributed by atoms with Gasteiger partial charge in [0.15, 0.2) is 10.8 Å². The third-order valence-electron chi connectivity index (χ3n) is 4.50. The van der Waals surface area contributed by atoms with E-state index in [0.717, 1.165) is 33.4 Å². The first-order valence-corrected chi connectivity index (χ1v) is 9.95. The molecule has 1 aromatic heterocycles. The average Bonchev–Trinajstić information content (AvgIpc) is 3.16. The van der Waals surface area contributed by atoms with Gasteiger partial charge in [-0.1, -0.05) is 66.5 Å². The maximum absolute atomic E-state index is 12.6. The zero-order valence-corrected chi connectivity index (χ0v) is 16.7. The van der Waals surface area contributed by atoms with Crippen LogP contribution in [0.1, 0.15) is 26.4 Å². The molecule has 0 atom stereocenters. The third kappa shape index (κ3) is 4.06. The Morgan fingerprint density at radius 2 is 1.73 bits per heavy atom. The van der Waals surface area contributed by atoms with Crippen molar-refractivity contribution in [2.45, 2.75) is 0 Å². The number of nitrogens with one attached hydrogen (secondary N) is 2. The van der Waals surface area contributed by atoms with Crippen molar-refractivity contribution in [3.63, 3.8) is 0 Å². The van der Waals surface area contributed by atoms with Crippen LogP contribution in [-0.2, 0) is 0 Å². The van der Waals surface area contributed by atoms with Gasteiger partial charge in [-0.25, -0.2) is 4.98 Å². The van der Waals surface area contributed by atoms with Gasteiger partial charge >= 0.3 is 0 Å². The minimum Gasteiger partial charge on any atom is -0.364 e. The predicted octanol–water partition coefficient (Wildman–Crippen LogP) is 5.03. The second kappa shape index (κ2) is 8.18. The van der Waals surface area contributed by atoms with Crippen LogP contribution in [0.4, 0.5) is 15.8 Å². The molecule has 0 aliphatic rings. The van der Waals surface area contributed by atoms with Gasteiger partial charge in [-0.05, 0) is 40.6 Å². The Balaban J connectivity index is 1.58. The number of nitrogens with zero attached hydrogens (tertiary/aromatic N) is 1. The minimum atomic E-state index is -0.713. The van der Waals surface area contributed by atoms with Gasteiger partial charge in [0, 0.05) is 11.3 Å². The van der Waals surface area contributed by atoms with Gasteiger partial charge in [0.1, 0.15) is 5.00 Å². The van der Waals surface area contributed by atoms with Gasteiger partial charge in [-0.3, -0.25) is 9.59 Å². The van der Waals surface area contributed by atoms with E-state index in [1.165, 1.54) is 0 Å². The van der Waals surface area contributed by atoms with Crippen molar-refractivity contribution in [1.29, 1.82) is 0 Å². The Morgan fingerprint density at radius 1 is 1.00 bits per heavy atom. The summed E-state index contributed by atoms with van der Waals surface area (Å²) in [6, 6.07) is 20.8. The fourth-order valence-electron chi connectivity index (χ4n) is 2.96. The lowest BCUT2D eigenvalue weighted by molar-refractivity contribution is 0.0997. The summed E-state index contributed by atoms with van der Waals surface area (Å²) in [4.78, 5) is 28.7. The van der Waals surface area contributed by atoms with Crippen molar-refractivity contribution in [2.24, 2.45) is 5.73 Å². The fourth-order valence-corrected chi connectivity index (χ4v) is 3.85. The lowest BCUT2D eigenvalue weighted by Crippen LogP contribution is -2.17. The highest BCUT2D eigenvalue weighted by Crippen LogP contribution is 2.31. The monoisotopic (exact) mass is 414 g/mol. The van der Waals surface area contributed by atoms with Crippen LogP contribution in [0.5, 0.6) is 0 Å². The Labute approximate surface area is 177 Å². The number of aromatic nitrogens is 1. The summed E-state index contributed by atoms with van der Waals surface area (Å²) in [5, 5.41) is 8.85. The first kappa shape index (κ1) is 19.4. The summed E-state index contributed by atoms with van der Waals surface area (Å²) in [5.41, 5.74) is 7.65. The first-order valence-electron chi connectivity index (χ1n) is 9.14. The molecule has 0 saturated heterocycles. The van der Waals surface area contributed by atoms with E-state index >= 15 is 0 Å². The van der Waals surface area contributed by atoms with Crippen molar-refractivity contribution in [3.05, 3.63) is 90.1 Å². The number of nitrogens with two attached hydrogens (primary N) is 1. The standard InChI is InChI=1S/C23H18N4O2S/c1-2-14-7-9-16(10-8-14)21(29)27-22-19(20(24)28)26-23(30-22)25-18-12-11-15-5-3-4-6-17(15)13-18/h2-13H,1H2,(H2,24,28)(H,25,26)(H,27,29). The number of carbonyl (C=O) groups is 2. The molecule has 6 nitrogen and oxygen atoms in total. The number of rotatable bonds is 6. The second-order valence-electron chi connectivity index (χ2n) is 6.53. The molecule has 0 fully saturated rings. The zero-order valence-electron chi connectivity index (χ0n) is 15.9. The Hall–Kier alpha value is -3.97. The van der Waals surface area contributed by atoms with Crippen molar-refractivity contribution in [2.75, 3.05) is 10.6 Å². The molecule has 4 aromatic rings. The molecule has 0 unspecified atom stereocenters. The Bertz CT molecular complexity index is 1260. The summed E-state index contributed by atoms with van der Waals surface area (Å²) >= 11 is 1.15. The maximum atomic E-state index is 12.6. The van der Waals surface area contributed by atoms with Crippen molar-refractivity contribution in [3.8, 4) is 0 Å². The van der Waals surface area contributed by atoms with Crippen molar-refractivity contribution in [1.82, 2.24) is 4.98 Å². The van der Waals surface area contributed by atoms with E-state index in [9.17, 15) is 9.59 Å². The molecule has 2 amide bonds. The summed E-state index contributed by atoms with van der Waals surface area (Å²) < 4.78 is 0. The van der Waals surface area contributed by atoms with Gasteiger partial charge in [0.05, 0.1) is 0 Å². The van der Waals surface area contributed by atoms with Crippen LogP contribution in [0.2, 0.25) is 0 Å². The maximum Gasteiger partial charge on any atom is 0.270 e. The van der Waals surface area contributed by atoms with Crippen LogP contribution in [0.15, 0.2) is 73.3 Å². The number of thiazole rings is 1. The smallest absolute Gasteiger partial charge is 0.270 e. The van der Waals surface area contributed by atoms with Gasteiger partial charge in [0.25, 0.3) is 11.8 Å². The molecule has 3 aromatic carbocycles. The molecule has 7 heteroatoms. The molecule has 0 radical (unpaired) electrons. The normalized spacial score (nSPS) is 10.5. The second-order valence-corrected chi connectivity index (χ2v) is 7.53. The largest absolute Gasteiger partial charge is 0.364 e. The predicted molar refractivity (Wildman–Crippen MR) is 122 cm³/mol. The third-order valence-corrected chi connectivity index (χ3v) is 5.38. The molecule has 0 bridgehead atoms. The highest BCUT2D eigenvalue weighted by molar-refractivity contribution is 7.20. The molecule has 0 saturated carbocycles. The van der Waals surface area contributed by atoms with E-state index in [1.54, 1.807) is 30.3 Å². The lowest BCUT2D eigenvalue weighted by Gasteiger charge is -2.05. The fraction of sp³-hybridized carbons (Fsp3) is 0. The van der Waals surface area contributed by atoms with E-state index in [0.29, 0.717) is 15.7 Å². The van der Waals surface area contributed by atoms with Crippen LogP contribution in [0.25, 0.3) is 16.8 Å². The number of carbonyl (C=O) groups excluding carboxylic acids is 2. The topological polar surface area (TPSA) is 97.1 Å². The molecule has 30 heavy (non-hydrogen) atoms. The number of anilines is 3. The Morgan fingerprint density at radius 3 is 2.43 bits per heavy atom. The van der Waals surface area contributed by atoms with Gasteiger partial charge in [-0.15, -0.1) is 0 Å². The van der Waals surface area contributed by atoms with E-state index in [4.69, 9.17) is 5.73 Å². The molecule has 148 valence electrons. The highest BCUT2D eigenvalue weighted by atomic mass is 32.1. The molecular formula is C23H18N4O2S. The van der Waals surface area contributed by atoms with Gasteiger partial charge < -0.3 is 16.4 Å². The average molecular weight is 414 g/mol.